The molecule has 10 nitrogen and oxygen atoms in total. The molecule has 2 aliphatic rings. The first kappa shape index (κ1) is 28.3. The van der Waals surface area contributed by atoms with Crippen LogP contribution in [-0.2, 0) is 10.0 Å². The predicted octanol–water partition coefficient (Wildman–Crippen LogP) is 3.10. The molecule has 2 saturated heterocycles. The number of anilines is 3. The largest absolute Gasteiger partial charge is 0.396 e. The zero-order valence-corrected chi connectivity index (χ0v) is 23.2. The monoisotopic (exact) mass is 592 g/mol. The third-order valence-corrected chi connectivity index (χ3v) is 10.2. The highest BCUT2D eigenvalue weighted by Crippen LogP contribution is 2.31. The van der Waals surface area contributed by atoms with Gasteiger partial charge in [-0.25, -0.2) is 27.2 Å². The van der Waals surface area contributed by atoms with Gasteiger partial charge in [0.15, 0.2) is 5.13 Å². The van der Waals surface area contributed by atoms with E-state index in [1.165, 1.54) is 16.6 Å². The third-order valence-electron chi connectivity index (χ3n) is 7.29. The van der Waals surface area contributed by atoms with Crippen LogP contribution in [-0.4, -0.2) is 72.4 Å². The average Bonchev–Trinajstić information content (AvgIpc) is 3.33. The molecule has 0 spiro atoms. The van der Waals surface area contributed by atoms with Gasteiger partial charge in [0, 0.05) is 45.0 Å². The first-order valence-corrected chi connectivity index (χ1v) is 15.3. The number of nitrogens with one attached hydrogen (secondary N) is 1. The number of carbonyl (C=O) groups is 1. The normalized spacial score (nSPS) is 19.1. The fourth-order valence-corrected chi connectivity index (χ4v) is 7.41. The molecule has 2 fully saturated rings. The fraction of sp³-hybridized carbons (Fsp3) is 0.423. The minimum atomic E-state index is -3.74. The minimum Gasteiger partial charge on any atom is -0.396 e. The van der Waals surface area contributed by atoms with Crippen molar-refractivity contribution in [2.45, 2.75) is 36.6 Å². The SMILES string of the molecule is Nc1nc(NC2CCN(S(=O)(=O)c3ccc(N4CCC[C@H](CO)C4)nc3)CC2)sc1C(=O)c1c(F)cccc1F. The number of nitrogen functional groups attached to an aromatic ring is 1. The van der Waals surface area contributed by atoms with Gasteiger partial charge in [-0.1, -0.05) is 17.4 Å². The number of halogens is 2. The van der Waals surface area contributed by atoms with Crippen molar-refractivity contribution < 1.29 is 27.1 Å². The number of rotatable bonds is 8. The lowest BCUT2D eigenvalue weighted by molar-refractivity contribution is 0.103. The number of thiazole rings is 1. The Bertz CT molecular complexity index is 1460. The number of ketones is 1. The van der Waals surface area contributed by atoms with Gasteiger partial charge in [0.1, 0.15) is 33.0 Å². The summed E-state index contributed by atoms with van der Waals surface area (Å²) in [4.78, 5) is 23.4. The molecule has 1 aromatic carbocycles. The van der Waals surface area contributed by atoms with E-state index < -0.39 is 33.0 Å². The number of hydrogen-bond acceptors (Lipinski definition) is 10. The molecule has 40 heavy (non-hydrogen) atoms. The lowest BCUT2D eigenvalue weighted by Gasteiger charge is -2.33. The number of pyridine rings is 1. The molecule has 14 heteroatoms. The van der Waals surface area contributed by atoms with Gasteiger partial charge in [-0.05, 0) is 55.9 Å². The van der Waals surface area contributed by atoms with Crippen molar-refractivity contribution in [3.63, 3.8) is 0 Å². The summed E-state index contributed by atoms with van der Waals surface area (Å²) < 4.78 is 56.1. The lowest BCUT2D eigenvalue weighted by Crippen LogP contribution is -2.42. The van der Waals surface area contributed by atoms with Gasteiger partial charge in [-0.15, -0.1) is 0 Å². The maximum atomic E-state index is 14.1. The van der Waals surface area contributed by atoms with Crippen molar-refractivity contribution >= 4 is 43.9 Å². The van der Waals surface area contributed by atoms with Crippen LogP contribution in [0.5, 0.6) is 0 Å². The standard InChI is InChI=1S/C26H30F2N6O4S2/c27-19-4-1-5-20(28)22(19)23(36)24-25(29)32-26(39-24)31-17-8-11-34(12-9-17)40(37,38)18-6-7-21(30-13-18)33-10-2-3-16(14-33)15-35/h1,4-7,13,16-17,35H,2-3,8-12,14-15,29H2,(H,31,32)/t16-/m0/s1. The van der Waals surface area contributed by atoms with Crippen molar-refractivity contribution in [3.05, 3.63) is 58.6 Å². The molecule has 2 aromatic heterocycles. The van der Waals surface area contributed by atoms with Gasteiger partial charge in [0.25, 0.3) is 0 Å². The van der Waals surface area contributed by atoms with Crippen molar-refractivity contribution in [2.75, 3.05) is 48.7 Å². The van der Waals surface area contributed by atoms with Gasteiger partial charge < -0.3 is 21.1 Å². The molecule has 0 aliphatic carbocycles. The summed E-state index contributed by atoms with van der Waals surface area (Å²) in [7, 11) is -3.74. The maximum Gasteiger partial charge on any atom is 0.244 e. The van der Waals surface area contributed by atoms with E-state index in [9.17, 15) is 27.1 Å². The second kappa shape index (κ2) is 11.7. The Morgan fingerprint density at radius 1 is 1.12 bits per heavy atom. The molecule has 0 radical (unpaired) electrons. The van der Waals surface area contributed by atoms with E-state index >= 15 is 0 Å². The molecular weight excluding hydrogens is 562 g/mol. The molecule has 0 saturated carbocycles. The molecule has 214 valence electrons. The Balaban J connectivity index is 1.19. The summed E-state index contributed by atoms with van der Waals surface area (Å²) in [5.41, 5.74) is 5.20. The maximum absolute atomic E-state index is 14.1. The highest BCUT2D eigenvalue weighted by molar-refractivity contribution is 7.89. The molecule has 1 atom stereocenters. The average molecular weight is 593 g/mol. The summed E-state index contributed by atoms with van der Waals surface area (Å²) in [6.45, 7) is 2.15. The quantitative estimate of drug-likeness (QED) is 0.337. The summed E-state index contributed by atoms with van der Waals surface area (Å²) in [5.74, 6) is -2.09. The van der Waals surface area contributed by atoms with E-state index in [0.29, 0.717) is 30.3 Å². The molecule has 0 unspecified atom stereocenters. The smallest absolute Gasteiger partial charge is 0.244 e. The number of aromatic nitrogens is 2. The van der Waals surface area contributed by atoms with Crippen LogP contribution in [0.1, 0.15) is 40.9 Å². The van der Waals surface area contributed by atoms with Crippen LogP contribution in [0, 0.1) is 17.6 Å². The Morgan fingerprint density at radius 2 is 1.85 bits per heavy atom. The van der Waals surface area contributed by atoms with Gasteiger partial charge in [0.2, 0.25) is 15.8 Å². The van der Waals surface area contributed by atoms with Crippen molar-refractivity contribution in [3.8, 4) is 0 Å². The van der Waals surface area contributed by atoms with Crippen LogP contribution in [0.3, 0.4) is 0 Å². The first-order chi connectivity index (χ1) is 19.2. The number of nitrogens with two attached hydrogens (primary N) is 1. The third kappa shape index (κ3) is 5.80. The van der Waals surface area contributed by atoms with Crippen LogP contribution >= 0.6 is 11.3 Å². The molecule has 4 N–H and O–H groups in total. The Morgan fingerprint density at radius 3 is 2.50 bits per heavy atom. The summed E-state index contributed by atoms with van der Waals surface area (Å²) in [6, 6.07) is 6.32. The van der Waals surface area contributed by atoms with Crippen molar-refractivity contribution in [1.82, 2.24) is 14.3 Å². The van der Waals surface area contributed by atoms with Crippen molar-refractivity contribution in [2.24, 2.45) is 5.92 Å². The number of piperidine rings is 2. The lowest BCUT2D eigenvalue weighted by atomic mass is 9.99. The molecule has 0 bridgehead atoms. The molecule has 5 rings (SSSR count). The van der Waals surface area contributed by atoms with E-state index in [0.717, 1.165) is 42.9 Å². The van der Waals surface area contributed by atoms with Gasteiger partial charge >= 0.3 is 0 Å². The van der Waals surface area contributed by atoms with Crippen LogP contribution in [0.25, 0.3) is 0 Å². The fourth-order valence-electron chi connectivity index (χ4n) is 5.08. The first-order valence-electron chi connectivity index (χ1n) is 13.0. The van der Waals surface area contributed by atoms with Crippen molar-refractivity contribution in [1.29, 1.82) is 0 Å². The number of sulfonamides is 1. The van der Waals surface area contributed by atoms with E-state index in [1.807, 2.05) is 0 Å². The van der Waals surface area contributed by atoms with Crippen LogP contribution in [0.2, 0.25) is 0 Å². The van der Waals surface area contributed by atoms with E-state index in [1.54, 1.807) is 12.1 Å². The highest BCUT2D eigenvalue weighted by atomic mass is 32.2. The molecule has 4 heterocycles. The number of aliphatic hydroxyl groups is 1. The van der Waals surface area contributed by atoms with Gasteiger partial charge in [0.05, 0.1) is 5.56 Å². The number of aliphatic hydroxyl groups excluding tert-OH is 1. The molecular formula is C26H30F2N6O4S2. The predicted molar refractivity (Wildman–Crippen MR) is 148 cm³/mol. The summed E-state index contributed by atoms with van der Waals surface area (Å²) >= 11 is 0.903. The van der Waals surface area contributed by atoms with E-state index in [-0.39, 0.29) is 47.2 Å². The van der Waals surface area contributed by atoms with Crippen LogP contribution in [0.15, 0.2) is 41.4 Å². The van der Waals surface area contributed by atoms with Gasteiger partial charge in [-0.3, -0.25) is 4.79 Å². The topological polar surface area (TPSA) is 142 Å². The molecule has 2 aliphatic heterocycles. The Hall–Kier alpha value is -3.20. The van der Waals surface area contributed by atoms with E-state index in [2.05, 4.69) is 20.2 Å². The highest BCUT2D eigenvalue weighted by Gasteiger charge is 2.31. The number of carbonyl (C=O) groups excluding carboxylic acids is 1. The Kier molecular flexibility index (Phi) is 8.31. The van der Waals surface area contributed by atoms with Gasteiger partial charge in [-0.2, -0.15) is 4.31 Å². The van der Waals surface area contributed by atoms with Crippen LogP contribution < -0.4 is 16.0 Å². The van der Waals surface area contributed by atoms with E-state index in [4.69, 9.17) is 5.73 Å². The second-order valence-electron chi connectivity index (χ2n) is 9.97. The summed E-state index contributed by atoms with van der Waals surface area (Å²) in [6.07, 6.45) is 4.25. The molecule has 3 aromatic rings. The minimum absolute atomic E-state index is 0.0705. The second-order valence-corrected chi connectivity index (χ2v) is 12.9. The number of hydrogen-bond donors (Lipinski definition) is 3. The summed E-state index contributed by atoms with van der Waals surface area (Å²) in [5, 5.41) is 13.0. The molecule has 0 amide bonds. The Labute approximate surface area is 234 Å². The number of benzene rings is 1. The zero-order valence-electron chi connectivity index (χ0n) is 21.6. The zero-order chi connectivity index (χ0) is 28.4. The number of nitrogens with zero attached hydrogens (tertiary/aromatic N) is 4. The van der Waals surface area contributed by atoms with Crippen LogP contribution in [0.4, 0.5) is 25.5 Å².